The van der Waals surface area contributed by atoms with Gasteiger partial charge in [-0.15, -0.1) is 0 Å². The molecule has 1 aliphatic rings. The van der Waals surface area contributed by atoms with E-state index >= 15 is 0 Å². The maximum atomic E-state index is 12.5. The van der Waals surface area contributed by atoms with E-state index in [-0.39, 0.29) is 11.1 Å². The van der Waals surface area contributed by atoms with Crippen LogP contribution in [-0.2, 0) is 13.6 Å². The van der Waals surface area contributed by atoms with E-state index in [9.17, 15) is 9.59 Å². The van der Waals surface area contributed by atoms with Crippen molar-refractivity contribution in [3.8, 4) is 11.3 Å². The fraction of sp³-hybridized carbons (Fsp3) is 0.350. The van der Waals surface area contributed by atoms with Crippen LogP contribution in [0.2, 0.25) is 0 Å². The number of piperidine rings is 1. The molecule has 0 unspecified atom stereocenters. The first-order valence-corrected chi connectivity index (χ1v) is 9.34. The molecule has 1 fully saturated rings. The zero-order valence-corrected chi connectivity index (χ0v) is 15.7. The Bertz CT molecular complexity index is 1070. The summed E-state index contributed by atoms with van der Waals surface area (Å²) in [7, 11) is 1.69. The van der Waals surface area contributed by atoms with Crippen molar-refractivity contribution >= 4 is 5.82 Å². The van der Waals surface area contributed by atoms with Crippen LogP contribution < -0.4 is 16.0 Å². The van der Waals surface area contributed by atoms with Crippen molar-refractivity contribution in [2.75, 3.05) is 18.0 Å². The van der Waals surface area contributed by atoms with Gasteiger partial charge in [-0.25, -0.2) is 9.97 Å². The molecule has 1 saturated heterocycles. The van der Waals surface area contributed by atoms with E-state index < -0.39 is 0 Å². The lowest BCUT2D eigenvalue weighted by atomic mass is 9.96. The van der Waals surface area contributed by atoms with Crippen LogP contribution in [0.15, 0.2) is 58.9 Å². The third-order valence-corrected chi connectivity index (χ3v) is 5.19. The van der Waals surface area contributed by atoms with Crippen molar-refractivity contribution < 1.29 is 0 Å². The summed E-state index contributed by atoms with van der Waals surface area (Å²) in [6, 6.07) is 6.86. The molecule has 0 amide bonds. The van der Waals surface area contributed by atoms with Gasteiger partial charge in [-0.05, 0) is 30.9 Å². The molecule has 144 valence electrons. The molecule has 8 heteroatoms. The summed E-state index contributed by atoms with van der Waals surface area (Å²) in [5, 5.41) is 0. The number of pyridine rings is 1. The van der Waals surface area contributed by atoms with Crippen molar-refractivity contribution in [3.63, 3.8) is 0 Å². The van der Waals surface area contributed by atoms with E-state index in [1.54, 1.807) is 48.8 Å². The van der Waals surface area contributed by atoms with Gasteiger partial charge in [0.05, 0.1) is 18.3 Å². The minimum atomic E-state index is -0.0570. The van der Waals surface area contributed by atoms with Gasteiger partial charge in [0.25, 0.3) is 11.1 Å². The molecule has 3 aromatic heterocycles. The zero-order valence-electron chi connectivity index (χ0n) is 15.7. The van der Waals surface area contributed by atoms with E-state index in [1.807, 2.05) is 12.1 Å². The summed E-state index contributed by atoms with van der Waals surface area (Å²) in [5.41, 5.74) is 1.37. The van der Waals surface area contributed by atoms with Crippen LogP contribution >= 0.6 is 0 Å². The predicted octanol–water partition coefficient (Wildman–Crippen LogP) is 1.32. The molecule has 1 aliphatic heterocycles. The number of aromatic nitrogens is 5. The standard InChI is InChI=1S/C20H22N6O2/c1-24-13-23-18(10-19(24)27)25-7-4-15(5-8-25)12-26-14-22-17(9-20(26)28)16-3-2-6-21-11-16/h2-3,6,9-11,13-15H,4-5,7-8,12H2,1H3. The molecule has 0 atom stereocenters. The Morgan fingerprint density at radius 1 is 1.07 bits per heavy atom. The Hall–Kier alpha value is -3.29. The second kappa shape index (κ2) is 7.75. The summed E-state index contributed by atoms with van der Waals surface area (Å²) in [4.78, 5) is 39.3. The van der Waals surface area contributed by atoms with Gasteiger partial charge in [0, 0.05) is 56.8 Å². The lowest BCUT2D eigenvalue weighted by Gasteiger charge is -2.32. The van der Waals surface area contributed by atoms with Crippen LogP contribution in [-0.4, -0.2) is 37.2 Å². The fourth-order valence-corrected chi connectivity index (χ4v) is 3.48. The first kappa shape index (κ1) is 18.1. The number of nitrogens with zero attached hydrogens (tertiary/aromatic N) is 6. The van der Waals surface area contributed by atoms with E-state index in [4.69, 9.17) is 0 Å². The van der Waals surface area contributed by atoms with Gasteiger partial charge in [0.2, 0.25) is 0 Å². The first-order valence-electron chi connectivity index (χ1n) is 9.34. The Kier molecular flexibility index (Phi) is 5.01. The summed E-state index contributed by atoms with van der Waals surface area (Å²) in [5.74, 6) is 1.12. The maximum absolute atomic E-state index is 12.5. The maximum Gasteiger partial charge on any atom is 0.255 e. The minimum Gasteiger partial charge on any atom is -0.356 e. The van der Waals surface area contributed by atoms with E-state index in [0.717, 1.165) is 37.3 Å². The molecule has 0 N–H and O–H groups in total. The zero-order chi connectivity index (χ0) is 19.5. The molecular weight excluding hydrogens is 356 g/mol. The number of hydrogen-bond acceptors (Lipinski definition) is 6. The topological polar surface area (TPSA) is 85.9 Å². The molecule has 28 heavy (non-hydrogen) atoms. The quantitative estimate of drug-likeness (QED) is 0.681. The van der Waals surface area contributed by atoms with Crippen LogP contribution in [0.1, 0.15) is 12.8 Å². The lowest BCUT2D eigenvalue weighted by molar-refractivity contribution is 0.350. The summed E-state index contributed by atoms with van der Waals surface area (Å²) in [6.07, 6.45) is 8.45. The number of hydrogen-bond donors (Lipinski definition) is 0. The van der Waals surface area contributed by atoms with Gasteiger partial charge >= 0.3 is 0 Å². The molecule has 8 nitrogen and oxygen atoms in total. The highest BCUT2D eigenvalue weighted by Crippen LogP contribution is 2.22. The molecule has 0 saturated carbocycles. The molecule has 3 aromatic rings. The van der Waals surface area contributed by atoms with Crippen LogP contribution in [0, 0.1) is 5.92 Å². The van der Waals surface area contributed by atoms with Gasteiger partial charge < -0.3 is 9.47 Å². The van der Waals surface area contributed by atoms with E-state index in [2.05, 4.69) is 19.9 Å². The molecule has 0 bridgehead atoms. The summed E-state index contributed by atoms with van der Waals surface area (Å²) in [6.45, 7) is 2.29. The summed E-state index contributed by atoms with van der Waals surface area (Å²) >= 11 is 0. The molecule has 0 radical (unpaired) electrons. The predicted molar refractivity (Wildman–Crippen MR) is 106 cm³/mol. The molecule has 0 aromatic carbocycles. The van der Waals surface area contributed by atoms with Crippen LogP contribution in [0.4, 0.5) is 5.82 Å². The molecule has 0 aliphatic carbocycles. The highest BCUT2D eigenvalue weighted by atomic mass is 16.1. The second-order valence-electron chi connectivity index (χ2n) is 7.13. The highest BCUT2D eigenvalue weighted by Gasteiger charge is 2.21. The monoisotopic (exact) mass is 378 g/mol. The molecule has 4 heterocycles. The van der Waals surface area contributed by atoms with E-state index in [1.165, 1.54) is 4.57 Å². The third kappa shape index (κ3) is 3.85. The fourth-order valence-electron chi connectivity index (χ4n) is 3.48. The van der Waals surface area contributed by atoms with Crippen molar-refractivity contribution in [2.24, 2.45) is 13.0 Å². The van der Waals surface area contributed by atoms with Crippen molar-refractivity contribution in [2.45, 2.75) is 19.4 Å². The van der Waals surface area contributed by atoms with Crippen LogP contribution in [0.5, 0.6) is 0 Å². The van der Waals surface area contributed by atoms with Crippen LogP contribution in [0.25, 0.3) is 11.3 Å². The Morgan fingerprint density at radius 2 is 1.89 bits per heavy atom. The smallest absolute Gasteiger partial charge is 0.255 e. The summed E-state index contributed by atoms with van der Waals surface area (Å²) < 4.78 is 3.14. The van der Waals surface area contributed by atoms with Gasteiger partial charge in [0.1, 0.15) is 5.82 Å². The van der Waals surface area contributed by atoms with Crippen molar-refractivity contribution in [1.82, 2.24) is 24.1 Å². The number of anilines is 1. The largest absolute Gasteiger partial charge is 0.356 e. The normalized spacial score (nSPS) is 15.0. The lowest BCUT2D eigenvalue weighted by Crippen LogP contribution is -2.37. The molecule has 4 rings (SSSR count). The van der Waals surface area contributed by atoms with E-state index in [0.29, 0.717) is 18.2 Å². The SMILES string of the molecule is Cn1cnc(N2CCC(Cn3cnc(-c4cccnc4)cc3=O)CC2)cc1=O. The average Bonchev–Trinajstić information content (AvgIpc) is 2.73. The molecular formula is C20H22N6O2. The Morgan fingerprint density at radius 3 is 2.57 bits per heavy atom. The second-order valence-corrected chi connectivity index (χ2v) is 7.13. The van der Waals surface area contributed by atoms with Gasteiger partial charge in [0.15, 0.2) is 0 Å². The first-order chi connectivity index (χ1) is 13.6. The number of aryl methyl sites for hydroxylation is 1. The van der Waals surface area contributed by atoms with Gasteiger partial charge in [-0.1, -0.05) is 0 Å². The van der Waals surface area contributed by atoms with Crippen molar-refractivity contribution in [3.05, 3.63) is 70.0 Å². The van der Waals surface area contributed by atoms with Gasteiger partial charge in [-0.2, -0.15) is 0 Å². The average molecular weight is 378 g/mol. The Labute approximate surface area is 162 Å². The molecule has 0 spiro atoms. The van der Waals surface area contributed by atoms with Crippen molar-refractivity contribution in [1.29, 1.82) is 0 Å². The highest BCUT2D eigenvalue weighted by molar-refractivity contribution is 5.56. The number of rotatable bonds is 4. The Balaban J connectivity index is 1.40. The minimum absolute atomic E-state index is 0.0514. The third-order valence-electron chi connectivity index (χ3n) is 5.19. The van der Waals surface area contributed by atoms with Gasteiger partial charge in [-0.3, -0.25) is 19.1 Å². The van der Waals surface area contributed by atoms with Crippen LogP contribution in [0.3, 0.4) is 0 Å².